The van der Waals surface area contributed by atoms with Crippen LogP contribution in [0.1, 0.15) is 33.1 Å². The molecule has 0 aromatic carbocycles. The summed E-state index contributed by atoms with van der Waals surface area (Å²) < 4.78 is 39.4. The molecular formula is C10H19F3O2. The average molecular weight is 228 g/mol. The van der Waals surface area contributed by atoms with E-state index >= 15 is 0 Å². The van der Waals surface area contributed by atoms with Crippen LogP contribution in [-0.2, 0) is 4.74 Å². The summed E-state index contributed by atoms with van der Waals surface area (Å²) in [4.78, 5) is 0. The van der Waals surface area contributed by atoms with Gasteiger partial charge in [0, 0.05) is 6.61 Å². The Morgan fingerprint density at radius 3 is 2.33 bits per heavy atom. The fourth-order valence-corrected chi connectivity index (χ4v) is 1.32. The van der Waals surface area contributed by atoms with Gasteiger partial charge >= 0.3 is 6.18 Å². The molecule has 2 atom stereocenters. The SMILES string of the molecule is CCCC(C)C(O)CCOCC(F)(F)F. The van der Waals surface area contributed by atoms with Crippen molar-refractivity contribution in [2.24, 2.45) is 5.92 Å². The summed E-state index contributed by atoms with van der Waals surface area (Å²) in [6.45, 7) is 2.61. The van der Waals surface area contributed by atoms with Crippen molar-refractivity contribution in [2.75, 3.05) is 13.2 Å². The zero-order valence-electron chi connectivity index (χ0n) is 9.18. The number of aliphatic hydroxyl groups excluding tert-OH is 1. The maximum absolute atomic E-state index is 11.7. The topological polar surface area (TPSA) is 29.5 Å². The average Bonchev–Trinajstić information content (AvgIpc) is 2.11. The second-order valence-corrected chi connectivity index (χ2v) is 3.79. The van der Waals surface area contributed by atoms with Crippen LogP contribution < -0.4 is 0 Å². The van der Waals surface area contributed by atoms with Gasteiger partial charge in [-0.1, -0.05) is 20.3 Å². The van der Waals surface area contributed by atoms with E-state index in [-0.39, 0.29) is 18.9 Å². The molecule has 0 amide bonds. The van der Waals surface area contributed by atoms with E-state index in [4.69, 9.17) is 0 Å². The molecule has 5 heteroatoms. The van der Waals surface area contributed by atoms with E-state index in [1.165, 1.54) is 0 Å². The summed E-state index contributed by atoms with van der Waals surface area (Å²) in [5.74, 6) is 0.115. The van der Waals surface area contributed by atoms with Gasteiger partial charge in [-0.15, -0.1) is 0 Å². The van der Waals surface area contributed by atoms with Gasteiger partial charge in [-0.3, -0.25) is 0 Å². The number of halogens is 3. The molecule has 2 nitrogen and oxygen atoms in total. The van der Waals surface area contributed by atoms with Crippen molar-refractivity contribution >= 4 is 0 Å². The Kier molecular flexibility index (Phi) is 6.92. The molecule has 0 spiro atoms. The van der Waals surface area contributed by atoms with Crippen molar-refractivity contribution in [3.05, 3.63) is 0 Å². The summed E-state index contributed by atoms with van der Waals surface area (Å²) in [5, 5.41) is 9.52. The minimum Gasteiger partial charge on any atom is -0.393 e. The molecule has 92 valence electrons. The van der Waals surface area contributed by atoms with Gasteiger partial charge in [0.2, 0.25) is 0 Å². The third kappa shape index (κ3) is 8.69. The van der Waals surface area contributed by atoms with Crippen molar-refractivity contribution < 1.29 is 23.0 Å². The minimum atomic E-state index is -4.28. The zero-order valence-corrected chi connectivity index (χ0v) is 9.18. The van der Waals surface area contributed by atoms with Crippen molar-refractivity contribution in [1.82, 2.24) is 0 Å². The Hall–Kier alpha value is -0.290. The largest absolute Gasteiger partial charge is 0.411 e. The molecule has 0 heterocycles. The Balaban J connectivity index is 3.50. The molecule has 0 aromatic heterocycles. The molecule has 0 radical (unpaired) electrons. The van der Waals surface area contributed by atoms with E-state index in [0.29, 0.717) is 0 Å². The fourth-order valence-electron chi connectivity index (χ4n) is 1.32. The molecule has 1 N–H and O–H groups in total. The smallest absolute Gasteiger partial charge is 0.393 e. The van der Waals surface area contributed by atoms with Crippen molar-refractivity contribution in [2.45, 2.75) is 45.4 Å². The number of alkyl halides is 3. The van der Waals surface area contributed by atoms with Crippen LogP contribution in [0.5, 0.6) is 0 Å². The molecule has 0 bridgehead atoms. The van der Waals surface area contributed by atoms with E-state index < -0.39 is 18.9 Å². The first-order chi connectivity index (χ1) is 6.87. The van der Waals surface area contributed by atoms with Gasteiger partial charge in [-0.25, -0.2) is 0 Å². The number of hydrogen-bond donors (Lipinski definition) is 1. The molecule has 0 aliphatic rings. The van der Waals surface area contributed by atoms with Crippen molar-refractivity contribution in [3.8, 4) is 0 Å². The summed E-state index contributed by atoms with van der Waals surface area (Å²) >= 11 is 0. The first-order valence-corrected chi connectivity index (χ1v) is 5.19. The van der Waals surface area contributed by atoms with Crippen molar-refractivity contribution in [1.29, 1.82) is 0 Å². The highest BCUT2D eigenvalue weighted by Gasteiger charge is 2.27. The fraction of sp³-hybridized carbons (Fsp3) is 1.00. The predicted molar refractivity (Wildman–Crippen MR) is 51.6 cm³/mol. The Labute approximate surface area is 88.4 Å². The molecule has 2 unspecified atom stereocenters. The zero-order chi connectivity index (χ0) is 11.9. The van der Waals surface area contributed by atoms with Gasteiger partial charge in [-0.05, 0) is 18.8 Å². The summed E-state index contributed by atoms with van der Waals surface area (Å²) in [5.41, 5.74) is 0. The Bertz CT molecular complexity index is 159. The van der Waals surface area contributed by atoms with Crippen LogP contribution in [0, 0.1) is 5.92 Å². The van der Waals surface area contributed by atoms with E-state index in [9.17, 15) is 18.3 Å². The maximum Gasteiger partial charge on any atom is 0.411 e. The van der Waals surface area contributed by atoms with Gasteiger partial charge in [0.15, 0.2) is 0 Å². The lowest BCUT2D eigenvalue weighted by Crippen LogP contribution is -2.22. The third-order valence-corrected chi connectivity index (χ3v) is 2.22. The van der Waals surface area contributed by atoms with E-state index in [1.54, 1.807) is 0 Å². The van der Waals surface area contributed by atoms with Crippen LogP contribution >= 0.6 is 0 Å². The number of ether oxygens (including phenoxy) is 1. The Morgan fingerprint density at radius 2 is 1.87 bits per heavy atom. The van der Waals surface area contributed by atoms with Crippen LogP contribution in [-0.4, -0.2) is 30.6 Å². The van der Waals surface area contributed by atoms with Gasteiger partial charge in [0.05, 0.1) is 6.10 Å². The molecule has 0 aliphatic carbocycles. The maximum atomic E-state index is 11.7. The second kappa shape index (κ2) is 7.06. The number of aliphatic hydroxyl groups is 1. The highest BCUT2D eigenvalue weighted by molar-refractivity contribution is 4.63. The molecular weight excluding hydrogens is 209 g/mol. The van der Waals surface area contributed by atoms with Gasteiger partial charge < -0.3 is 9.84 Å². The highest BCUT2D eigenvalue weighted by atomic mass is 19.4. The number of hydrogen-bond acceptors (Lipinski definition) is 2. The van der Waals surface area contributed by atoms with Crippen LogP contribution in [0.3, 0.4) is 0 Å². The summed E-state index contributed by atoms with van der Waals surface area (Å²) in [7, 11) is 0. The molecule has 0 aromatic rings. The van der Waals surface area contributed by atoms with Crippen LogP contribution in [0.15, 0.2) is 0 Å². The molecule has 0 saturated heterocycles. The molecule has 0 rings (SSSR count). The van der Waals surface area contributed by atoms with Crippen LogP contribution in [0.25, 0.3) is 0 Å². The molecule has 0 fully saturated rings. The predicted octanol–water partition coefficient (Wildman–Crippen LogP) is 2.75. The first-order valence-electron chi connectivity index (χ1n) is 5.19. The summed E-state index contributed by atoms with van der Waals surface area (Å²) in [6.07, 6.45) is -2.75. The highest BCUT2D eigenvalue weighted by Crippen LogP contribution is 2.16. The van der Waals surface area contributed by atoms with E-state index in [2.05, 4.69) is 4.74 Å². The van der Waals surface area contributed by atoms with Crippen molar-refractivity contribution in [3.63, 3.8) is 0 Å². The standard InChI is InChI=1S/C10H19F3O2/c1-3-4-8(2)9(14)5-6-15-7-10(11,12)13/h8-9,14H,3-7H2,1-2H3. The third-order valence-electron chi connectivity index (χ3n) is 2.22. The lowest BCUT2D eigenvalue weighted by atomic mass is 9.97. The van der Waals surface area contributed by atoms with Gasteiger partial charge in [0.1, 0.15) is 6.61 Å². The quantitative estimate of drug-likeness (QED) is 0.679. The summed E-state index contributed by atoms with van der Waals surface area (Å²) in [6, 6.07) is 0. The lowest BCUT2D eigenvalue weighted by molar-refractivity contribution is -0.175. The normalized spacial score (nSPS) is 16.4. The van der Waals surface area contributed by atoms with Gasteiger partial charge in [0.25, 0.3) is 0 Å². The Morgan fingerprint density at radius 1 is 1.27 bits per heavy atom. The molecule has 15 heavy (non-hydrogen) atoms. The monoisotopic (exact) mass is 228 g/mol. The minimum absolute atomic E-state index is 0.0469. The van der Waals surface area contributed by atoms with E-state index in [1.807, 2.05) is 13.8 Å². The number of rotatable bonds is 7. The first kappa shape index (κ1) is 14.7. The lowest BCUT2D eigenvalue weighted by Gasteiger charge is -2.18. The van der Waals surface area contributed by atoms with E-state index in [0.717, 1.165) is 12.8 Å². The second-order valence-electron chi connectivity index (χ2n) is 3.79. The van der Waals surface area contributed by atoms with Crippen LogP contribution in [0.4, 0.5) is 13.2 Å². The van der Waals surface area contributed by atoms with Gasteiger partial charge in [-0.2, -0.15) is 13.2 Å². The molecule has 0 aliphatic heterocycles. The molecule has 0 saturated carbocycles. The van der Waals surface area contributed by atoms with Crippen LogP contribution in [0.2, 0.25) is 0 Å².